The van der Waals surface area contributed by atoms with E-state index in [9.17, 15) is 13.6 Å². The van der Waals surface area contributed by atoms with Gasteiger partial charge in [-0.1, -0.05) is 6.07 Å². The molecule has 0 saturated carbocycles. The van der Waals surface area contributed by atoms with Crippen LogP contribution in [0.5, 0.6) is 0 Å². The van der Waals surface area contributed by atoms with Gasteiger partial charge in [0.1, 0.15) is 11.6 Å². The summed E-state index contributed by atoms with van der Waals surface area (Å²) < 4.78 is 27.8. The van der Waals surface area contributed by atoms with Gasteiger partial charge in [-0.3, -0.25) is 9.69 Å². The van der Waals surface area contributed by atoms with E-state index in [1.165, 1.54) is 18.2 Å². The largest absolute Gasteiger partial charge is 0.341 e. The number of carbonyl (C=O) groups excluding carboxylic acids is 1. The number of amides is 1. The van der Waals surface area contributed by atoms with E-state index in [0.717, 1.165) is 32.6 Å². The van der Waals surface area contributed by atoms with Crippen molar-refractivity contribution in [3.8, 4) is 0 Å². The molecule has 0 spiro atoms. The fraction of sp³-hybridized carbons (Fsp3) is 0.588. The molecule has 4 nitrogen and oxygen atoms in total. The fourth-order valence-electron chi connectivity index (χ4n) is 3.61. The Balaban J connectivity index is 1.66. The number of nitrogens with one attached hydrogen (secondary N) is 1. The first-order valence-electron chi connectivity index (χ1n) is 8.25. The number of hydrogen-bond acceptors (Lipinski definition) is 3. The highest BCUT2D eigenvalue weighted by molar-refractivity contribution is 5.83. The summed E-state index contributed by atoms with van der Waals surface area (Å²) in [6.45, 7) is 6.83. The third kappa shape index (κ3) is 3.38. The van der Waals surface area contributed by atoms with Crippen molar-refractivity contribution in [2.75, 3.05) is 39.3 Å². The second-order valence-electron chi connectivity index (χ2n) is 6.37. The normalized spacial score (nSPS) is 24.0. The maximum Gasteiger partial charge on any atom is 0.230 e. The lowest BCUT2D eigenvalue weighted by Gasteiger charge is -2.32. The van der Waals surface area contributed by atoms with Crippen LogP contribution in [0.1, 0.15) is 24.8 Å². The molecule has 2 heterocycles. The predicted molar refractivity (Wildman–Crippen MR) is 84.2 cm³/mol. The van der Waals surface area contributed by atoms with E-state index in [-0.39, 0.29) is 11.5 Å². The van der Waals surface area contributed by atoms with Gasteiger partial charge >= 0.3 is 0 Å². The quantitative estimate of drug-likeness (QED) is 0.917. The Labute approximate surface area is 135 Å². The van der Waals surface area contributed by atoms with Crippen molar-refractivity contribution in [3.63, 3.8) is 0 Å². The van der Waals surface area contributed by atoms with Gasteiger partial charge in [-0.25, -0.2) is 8.78 Å². The third-order valence-electron chi connectivity index (χ3n) is 4.95. The van der Waals surface area contributed by atoms with E-state index in [1.807, 2.05) is 0 Å². The molecule has 0 bridgehead atoms. The topological polar surface area (TPSA) is 35.6 Å². The van der Waals surface area contributed by atoms with Crippen LogP contribution in [0.2, 0.25) is 0 Å². The number of halogens is 2. The molecule has 23 heavy (non-hydrogen) atoms. The summed E-state index contributed by atoms with van der Waals surface area (Å²) >= 11 is 0. The summed E-state index contributed by atoms with van der Waals surface area (Å²) in [6.07, 6.45) is 0.929. The van der Waals surface area contributed by atoms with E-state index in [4.69, 9.17) is 0 Å². The summed E-state index contributed by atoms with van der Waals surface area (Å²) in [6, 6.07) is 4.09. The Hall–Kier alpha value is -1.53. The number of piperazine rings is 1. The van der Waals surface area contributed by atoms with Gasteiger partial charge in [0.05, 0.1) is 5.92 Å². The van der Waals surface area contributed by atoms with Gasteiger partial charge in [-0.2, -0.15) is 0 Å². The first kappa shape index (κ1) is 16.3. The Morgan fingerprint density at radius 1 is 1.22 bits per heavy atom. The SMILES string of the molecule is CC(C(=O)N1CCC(N2CCNCC2)C1)c1c(F)cccc1F. The molecule has 126 valence electrons. The molecule has 2 fully saturated rings. The number of likely N-dealkylation sites (tertiary alicyclic amines) is 1. The van der Waals surface area contributed by atoms with Crippen LogP contribution < -0.4 is 5.32 Å². The van der Waals surface area contributed by atoms with Crippen molar-refractivity contribution >= 4 is 5.91 Å². The van der Waals surface area contributed by atoms with Gasteiger partial charge in [0.15, 0.2) is 0 Å². The van der Waals surface area contributed by atoms with Crippen LogP contribution in [0.3, 0.4) is 0 Å². The fourth-order valence-corrected chi connectivity index (χ4v) is 3.61. The van der Waals surface area contributed by atoms with E-state index < -0.39 is 17.6 Å². The molecule has 6 heteroatoms. The molecule has 0 aromatic heterocycles. The molecule has 2 saturated heterocycles. The first-order valence-corrected chi connectivity index (χ1v) is 8.25. The predicted octanol–water partition coefficient (Wildman–Crippen LogP) is 1.57. The van der Waals surface area contributed by atoms with Crippen molar-refractivity contribution < 1.29 is 13.6 Å². The van der Waals surface area contributed by atoms with Crippen molar-refractivity contribution in [2.24, 2.45) is 0 Å². The summed E-state index contributed by atoms with van der Waals surface area (Å²) in [5.74, 6) is -2.28. The molecule has 3 rings (SSSR count). The highest BCUT2D eigenvalue weighted by Gasteiger charge is 2.34. The third-order valence-corrected chi connectivity index (χ3v) is 4.95. The summed E-state index contributed by atoms with van der Waals surface area (Å²) in [5, 5.41) is 3.32. The van der Waals surface area contributed by atoms with E-state index >= 15 is 0 Å². The molecule has 0 radical (unpaired) electrons. The van der Waals surface area contributed by atoms with Gasteiger partial charge in [0, 0.05) is 50.9 Å². The zero-order chi connectivity index (χ0) is 16.4. The molecule has 0 aliphatic carbocycles. The van der Waals surface area contributed by atoms with Crippen LogP contribution in [0.15, 0.2) is 18.2 Å². The van der Waals surface area contributed by atoms with E-state index in [0.29, 0.717) is 19.1 Å². The maximum atomic E-state index is 13.9. The Bertz CT molecular complexity index is 555. The van der Waals surface area contributed by atoms with Gasteiger partial charge in [0.25, 0.3) is 0 Å². The van der Waals surface area contributed by atoms with Crippen molar-refractivity contribution in [1.29, 1.82) is 0 Å². The Morgan fingerprint density at radius 2 is 1.87 bits per heavy atom. The number of rotatable bonds is 3. The number of carbonyl (C=O) groups is 1. The van der Waals surface area contributed by atoms with Crippen LogP contribution in [-0.4, -0.2) is 61.0 Å². The number of nitrogens with zero attached hydrogens (tertiary/aromatic N) is 2. The summed E-state index contributed by atoms with van der Waals surface area (Å²) in [4.78, 5) is 16.8. The summed E-state index contributed by atoms with van der Waals surface area (Å²) in [5.41, 5.74) is -0.122. The zero-order valence-corrected chi connectivity index (χ0v) is 13.4. The smallest absolute Gasteiger partial charge is 0.230 e. The van der Waals surface area contributed by atoms with Gasteiger partial charge in [-0.15, -0.1) is 0 Å². The molecule has 2 unspecified atom stereocenters. The van der Waals surface area contributed by atoms with Crippen LogP contribution in [0.25, 0.3) is 0 Å². The van der Waals surface area contributed by atoms with E-state index in [2.05, 4.69) is 10.2 Å². The van der Waals surface area contributed by atoms with Gasteiger partial charge in [-0.05, 0) is 25.5 Å². The Morgan fingerprint density at radius 3 is 2.52 bits per heavy atom. The van der Waals surface area contributed by atoms with Crippen molar-refractivity contribution in [2.45, 2.75) is 25.3 Å². The lowest BCUT2D eigenvalue weighted by Crippen LogP contribution is -2.49. The first-order chi connectivity index (χ1) is 11.1. The second kappa shape index (κ2) is 6.93. The van der Waals surface area contributed by atoms with Crippen LogP contribution >= 0.6 is 0 Å². The lowest BCUT2D eigenvalue weighted by atomic mass is 9.98. The summed E-state index contributed by atoms with van der Waals surface area (Å²) in [7, 11) is 0. The molecule has 2 aliphatic heterocycles. The standard InChI is InChI=1S/C17H23F2N3O/c1-12(16-14(18)3-2-4-15(16)19)17(23)22-8-5-13(11-22)21-9-6-20-7-10-21/h2-4,12-13,20H,5-11H2,1H3. The lowest BCUT2D eigenvalue weighted by molar-refractivity contribution is -0.131. The highest BCUT2D eigenvalue weighted by Crippen LogP contribution is 2.26. The van der Waals surface area contributed by atoms with Crippen LogP contribution in [0, 0.1) is 11.6 Å². The number of benzene rings is 1. The molecule has 1 aromatic rings. The average molecular weight is 323 g/mol. The van der Waals surface area contributed by atoms with Crippen molar-refractivity contribution in [3.05, 3.63) is 35.4 Å². The van der Waals surface area contributed by atoms with Crippen molar-refractivity contribution in [1.82, 2.24) is 15.1 Å². The maximum absolute atomic E-state index is 13.9. The zero-order valence-electron chi connectivity index (χ0n) is 13.4. The van der Waals surface area contributed by atoms with Crippen LogP contribution in [-0.2, 0) is 4.79 Å². The molecule has 2 atom stereocenters. The minimum absolute atomic E-state index is 0.122. The molecule has 1 amide bonds. The minimum atomic E-state index is -0.794. The average Bonchev–Trinajstić information content (AvgIpc) is 3.04. The van der Waals surface area contributed by atoms with Gasteiger partial charge < -0.3 is 10.2 Å². The molecular weight excluding hydrogens is 300 g/mol. The number of hydrogen-bond donors (Lipinski definition) is 1. The molecule has 1 N–H and O–H groups in total. The minimum Gasteiger partial charge on any atom is -0.341 e. The van der Waals surface area contributed by atoms with E-state index in [1.54, 1.807) is 11.8 Å². The van der Waals surface area contributed by atoms with Crippen LogP contribution in [0.4, 0.5) is 8.78 Å². The highest BCUT2D eigenvalue weighted by atomic mass is 19.1. The van der Waals surface area contributed by atoms with Gasteiger partial charge in [0.2, 0.25) is 5.91 Å². The second-order valence-corrected chi connectivity index (χ2v) is 6.37. The molecule has 2 aliphatic rings. The monoisotopic (exact) mass is 323 g/mol. The Kier molecular flexibility index (Phi) is 4.92. The molecular formula is C17H23F2N3O. The molecule has 1 aromatic carbocycles.